The molecule has 14 nitrogen and oxygen atoms in total. The van der Waals surface area contributed by atoms with Gasteiger partial charge < -0.3 is 71.5 Å². The predicted molar refractivity (Wildman–Crippen MR) is 259 cm³/mol. The van der Waals surface area contributed by atoms with Crippen LogP contribution in [0.5, 0.6) is 0 Å². The van der Waals surface area contributed by atoms with E-state index in [1.54, 1.807) is 0 Å². The lowest BCUT2D eigenvalue weighted by atomic mass is 9.87. The fourth-order valence-electron chi connectivity index (χ4n) is 9.43. The third kappa shape index (κ3) is 21.4. The Bertz CT molecular complexity index is 998. The van der Waals surface area contributed by atoms with Crippen LogP contribution in [0.1, 0.15) is 65.2 Å². The third-order valence-electron chi connectivity index (χ3n) is 14.3. The molecule has 0 aromatic rings. The summed E-state index contributed by atoms with van der Waals surface area (Å²) in [7, 11) is 23.8. The maximum absolute atomic E-state index is 3.44. The first-order chi connectivity index (χ1) is 28.5. The zero-order chi connectivity index (χ0) is 44.1. The molecule has 9 fully saturated rings. The van der Waals surface area contributed by atoms with E-state index in [0.29, 0.717) is 5.41 Å². The van der Waals surface area contributed by atoms with Crippen LogP contribution >= 0.6 is 0 Å². The number of piperazine rings is 2. The van der Waals surface area contributed by atoms with E-state index in [4.69, 9.17) is 0 Å². The molecule has 0 radical (unpaired) electrons. The Labute approximate surface area is 371 Å². The van der Waals surface area contributed by atoms with E-state index >= 15 is 0 Å². The molecule has 7 N–H and O–H groups in total. The lowest BCUT2D eigenvalue weighted by Gasteiger charge is -2.35. The Hall–Kier alpha value is -0.560. The van der Waals surface area contributed by atoms with Crippen LogP contribution in [0, 0.1) is 5.41 Å². The van der Waals surface area contributed by atoms with Gasteiger partial charge in [-0.3, -0.25) is 0 Å². The minimum atomic E-state index is 0.611. The number of likely N-dealkylation sites (N-methyl/N-ethyl adjacent to an activating group) is 6. The van der Waals surface area contributed by atoms with Gasteiger partial charge in [-0.15, -0.1) is 0 Å². The molecule has 0 saturated carbocycles. The topological polar surface area (TPSA) is 107 Å². The molecule has 0 aromatic carbocycles. The average molecular weight is 851 g/mol. The van der Waals surface area contributed by atoms with E-state index in [9.17, 15) is 0 Å². The minimum Gasteiger partial charge on any atom is -0.317 e. The van der Waals surface area contributed by atoms with Crippen molar-refractivity contribution in [1.29, 1.82) is 0 Å². The number of piperidine rings is 2. The number of likely N-dealkylation sites (tertiary alicyclic amines) is 2. The first-order valence-corrected chi connectivity index (χ1v) is 24.3. The molecule has 0 amide bonds. The molecule has 6 atom stereocenters. The van der Waals surface area contributed by atoms with Crippen molar-refractivity contribution < 1.29 is 0 Å². The summed E-state index contributed by atoms with van der Waals surface area (Å²) in [6.07, 6.45) is 10.6. The van der Waals surface area contributed by atoms with E-state index in [-0.39, 0.29) is 0 Å². The van der Waals surface area contributed by atoms with Gasteiger partial charge in [0.2, 0.25) is 0 Å². The van der Waals surface area contributed by atoms with Crippen molar-refractivity contribution in [1.82, 2.24) is 71.5 Å². The molecule has 4 bridgehead atoms. The largest absolute Gasteiger partial charge is 0.317 e. The molecule has 60 heavy (non-hydrogen) atoms. The van der Waals surface area contributed by atoms with Crippen molar-refractivity contribution in [3.63, 3.8) is 0 Å². The van der Waals surface area contributed by atoms with Crippen molar-refractivity contribution in [2.75, 3.05) is 182 Å². The highest BCUT2D eigenvalue weighted by Gasteiger charge is 2.35. The Morgan fingerprint density at radius 2 is 0.833 bits per heavy atom. The van der Waals surface area contributed by atoms with Crippen molar-refractivity contribution >= 4 is 0 Å². The summed E-state index contributed by atoms with van der Waals surface area (Å²) in [5.41, 5.74) is 0.611. The zero-order valence-electron chi connectivity index (χ0n) is 41.7. The molecule has 9 saturated heterocycles. The van der Waals surface area contributed by atoms with E-state index in [2.05, 4.69) is 163 Å². The molecule has 9 aliphatic heterocycles. The van der Waals surface area contributed by atoms with Crippen LogP contribution in [-0.4, -0.2) is 265 Å². The maximum atomic E-state index is 3.44. The molecule has 9 heterocycles. The maximum Gasteiger partial charge on any atom is 0.0233 e. The Balaban J connectivity index is 0.000000189. The lowest BCUT2D eigenvalue weighted by Crippen LogP contribution is -2.49. The summed E-state index contributed by atoms with van der Waals surface area (Å²) in [5.74, 6) is 0. The zero-order valence-corrected chi connectivity index (χ0v) is 41.7. The molecule has 0 aliphatic carbocycles. The van der Waals surface area contributed by atoms with Gasteiger partial charge in [0.1, 0.15) is 0 Å². The highest BCUT2D eigenvalue weighted by molar-refractivity contribution is 4.96. The SMILES string of the molecule is CC1(C)CNC1.CN(C)C1CCNCC1.CN(C)CCN(C)C1CCNCC1.CN(C)[C@@H]1CCNC1.CN(C)[C@H]1CCNC1.CN1C[C@@H]2C[C@H]1CN2.CN1C[C@H]2C[C@@H]1CN2. The Kier molecular flexibility index (Phi) is 26.1. The number of hydrogen-bond acceptors (Lipinski definition) is 14. The summed E-state index contributed by atoms with van der Waals surface area (Å²) >= 11 is 0. The minimum absolute atomic E-state index is 0.611. The smallest absolute Gasteiger partial charge is 0.0233 e. The van der Waals surface area contributed by atoms with Gasteiger partial charge in [-0.1, -0.05) is 13.8 Å². The van der Waals surface area contributed by atoms with Crippen LogP contribution in [-0.2, 0) is 0 Å². The summed E-state index contributed by atoms with van der Waals surface area (Å²) in [6.45, 7) is 23.8. The van der Waals surface area contributed by atoms with E-state index in [1.165, 1.54) is 156 Å². The van der Waals surface area contributed by atoms with E-state index < -0.39 is 0 Å². The molecule has 9 aliphatic rings. The third-order valence-corrected chi connectivity index (χ3v) is 14.3. The van der Waals surface area contributed by atoms with Crippen LogP contribution in [0.3, 0.4) is 0 Å². The molecule has 14 heteroatoms. The summed E-state index contributed by atoms with van der Waals surface area (Å²) in [6, 6.07) is 6.58. The second-order valence-corrected chi connectivity index (χ2v) is 21.1. The van der Waals surface area contributed by atoms with E-state index in [0.717, 1.165) is 48.3 Å². The molecular formula is C46H102N14. The molecular weight excluding hydrogens is 749 g/mol. The van der Waals surface area contributed by atoms with E-state index in [1.807, 2.05) is 0 Å². The first-order valence-electron chi connectivity index (χ1n) is 24.3. The number of rotatable bonds is 7. The van der Waals surface area contributed by atoms with Gasteiger partial charge in [-0.2, -0.15) is 0 Å². The van der Waals surface area contributed by atoms with Crippen LogP contribution < -0.4 is 37.2 Å². The average Bonchev–Trinajstić information content (AvgIpc) is 4.09. The standard InChI is InChI=1S/C10H23N3.C7H16N2.2C6H12N2.2C6H14N2.C5H11N/c1-12(2)8-9-13(3)10-4-6-11-7-5-10;1-9(2)7-3-5-8-6-4-7;2*1-8-4-5-2-6(8)3-7-5;2*1-8(2)6-3-4-7-5-6;1-5(2)3-6-4-5/h10-11H,4-9H2,1-3H3;7-8H,3-6H2,1-2H3;2*5-7H,2-4H2,1H3;2*6-7H,3-5H2,1-2H3;6H,3-4H2,1-2H3/t;;2*5-,6-;2*6-;/m..1010./s1. The number of nitrogens with zero attached hydrogens (tertiary/aromatic N) is 7. The van der Waals surface area contributed by atoms with Crippen molar-refractivity contribution in [2.24, 2.45) is 5.41 Å². The van der Waals surface area contributed by atoms with Crippen molar-refractivity contribution in [3.8, 4) is 0 Å². The highest BCUT2D eigenvalue weighted by Crippen LogP contribution is 2.21. The summed E-state index contributed by atoms with van der Waals surface area (Å²) < 4.78 is 0. The highest BCUT2D eigenvalue weighted by atomic mass is 15.3. The first kappa shape index (κ1) is 53.8. The van der Waals surface area contributed by atoms with Gasteiger partial charge in [0.05, 0.1) is 0 Å². The van der Waals surface area contributed by atoms with Gasteiger partial charge in [-0.25, -0.2) is 0 Å². The fourth-order valence-corrected chi connectivity index (χ4v) is 9.43. The van der Waals surface area contributed by atoms with Crippen LogP contribution in [0.25, 0.3) is 0 Å². The van der Waals surface area contributed by atoms with Crippen LogP contribution in [0.15, 0.2) is 0 Å². The monoisotopic (exact) mass is 851 g/mol. The van der Waals surface area contributed by atoms with Gasteiger partial charge in [0.25, 0.3) is 0 Å². The van der Waals surface area contributed by atoms with Crippen molar-refractivity contribution in [2.45, 2.75) is 114 Å². The number of hydrogen-bond donors (Lipinski definition) is 7. The van der Waals surface area contributed by atoms with Gasteiger partial charge >= 0.3 is 0 Å². The summed E-state index contributed by atoms with van der Waals surface area (Å²) in [5, 5.41) is 23.5. The number of nitrogens with one attached hydrogen (secondary N) is 7. The second kappa shape index (κ2) is 29.1. The molecule has 9 rings (SSSR count). The second-order valence-electron chi connectivity index (χ2n) is 21.1. The predicted octanol–water partition coefficient (Wildman–Crippen LogP) is 0.292. The fraction of sp³-hybridized carbons (Fsp3) is 1.00. The van der Waals surface area contributed by atoms with Gasteiger partial charge in [0.15, 0.2) is 0 Å². The molecule has 0 spiro atoms. The van der Waals surface area contributed by atoms with Crippen LogP contribution in [0.4, 0.5) is 0 Å². The Morgan fingerprint density at radius 1 is 0.467 bits per heavy atom. The Morgan fingerprint density at radius 3 is 1.03 bits per heavy atom. The quantitative estimate of drug-likeness (QED) is 0.191. The van der Waals surface area contributed by atoms with Crippen LogP contribution in [0.2, 0.25) is 0 Å². The normalized spacial score (nSPS) is 30.9. The number of fused-ring (bicyclic) bond motifs is 4. The molecule has 0 unspecified atom stereocenters. The van der Waals surface area contributed by atoms with Gasteiger partial charge in [-0.05, 0) is 174 Å². The van der Waals surface area contributed by atoms with Crippen molar-refractivity contribution in [3.05, 3.63) is 0 Å². The molecule has 356 valence electrons. The lowest BCUT2D eigenvalue weighted by molar-refractivity contribution is 0.183. The summed E-state index contributed by atoms with van der Waals surface area (Å²) in [4.78, 5) is 16.5. The molecule has 0 aromatic heterocycles. The van der Waals surface area contributed by atoms with Gasteiger partial charge in [0, 0.05) is 114 Å².